The first kappa shape index (κ1) is 16.0. The van der Waals surface area contributed by atoms with Crippen LogP contribution in [0.25, 0.3) is 0 Å². The first-order chi connectivity index (χ1) is 9.43. The summed E-state index contributed by atoms with van der Waals surface area (Å²) in [4.78, 5) is 0. The number of hydrogen-bond donors (Lipinski definition) is 1. The van der Waals surface area contributed by atoms with Crippen LogP contribution in [0, 0.1) is 0 Å². The summed E-state index contributed by atoms with van der Waals surface area (Å²) in [7, 11) is 1.90. The number of aromatic nitrogens is 2. The third-order valence-electron chi connectivity index (χ3n) is 4.12. The molecule has 114 valence electrons. The molecule has 1 saturated heterocycles. The van der Waals surface area contributed by atoms with Crippen molar-refractivity contribution in [2.45, 2.75) is 64.1 Å². The van der Waals surface area contributed by atoms with Gasteiger partial charge in [-0.2, -0.15) is 5.10 Å². The van der Waals surface area contributed by atoms with Crippen molar-refractivity contribution in [3.8, 4) is 0 Å². The van der Waals surface area contributed by atoms with Crippen LogP contribution in [0.15, 0.2) is 4.47 Å². The van der Waals surface area contributed by atoms with Crippen molar-refractivity contribution in [2.24, 2.45) is 7.05 Å². The maximum atomic E-state index is 14.9. The van der Waals surface area contributed by atoms with Crippen molar-refractivity contribution in [1.82, 2.24) is 15.1 Å². The van der Waals surface area contributed by atoms with Crippen LogP contribution in [0.1, 0.15) is 50.9 Å². The molecule has 1 aromatic rings. The number of piperidine rings is 1. The zero-order valence-electron chi connectivity index (χ0n) is 12.7. The summed E-state index contributed by atoms with van der Waals surface area (Å²) in [5, 5.41) is 7.88. The first-order valence-corrected chi connectivity index (χ1v) is 8.35. The van der Waals surface area contributed by atoms with Crippen molar-refractivity contribution < 1.29 is 4.39 Å². The molecule has 0 spiro atoms. The average molecular weight is 346 g/mol. The van der Waals surface area contributed by atoms with Gasteiger partial charge >= 0.3 is 0 Å². The van der Waals surface area contributed by atoms with Gasteiger partial charge in [-0.3, -0.25) is 4.68 Å². The SMILES string of the molecule is CCc1nn(C)c(CC(C)(F)CC2CCCCN2)c1Br. The van der Waals surface area contributed by atoms with Gasteiger partial charge in [-0.1, -0.05) is 13.3 Å². The first-order valence-electron chi connectivity index (χ1n) is 7.55. The number of alkyl halides is 1. The smallest absolute Gasteiger partial charge is 0.115 e. The van der Waals surface area contributed by atoms with E-state index in [4.69, 9.17) is 0 Å². The monoisotopic (exact) mass is 345 g/mol. The normalized spacial score (nSPS) is 22.8. The number of rotatable bonds is 5. The van der Waals surface area contributed by atoms with Crippen molar-refractivity contribution in [3.05, 3.63) is 15.9 Å². The van der Waals surface area contributed by atoms with Crippen molar-refractivity contribution in [3.63, 3.8) is 0 Å². The highest BCUT2D eigenvalue weighted by atomic mass is 79.9. The lowest BCUT2D eigenvalue weighted by atomic mass is 9.89. The molecule has 0 bridgehead atoms. The van der Waals surface area contributed by atoms with E-state index in [1.165, 1.54) is 12.8 Å². The molecule has 1 aromatic heterocycles. The van der Waals surface area contributed by atoms with Gasteiger partial charge in [0.1, 0.15) is 5.67 Å². The highest BCUT2D eigenvalue weighted by Crippen LogP contribution is 2.30. The van der Waals surface area contributed by atoms with Crippen LogP contribution in [-0.4, -0.2) is 28.0 Å². The van der Waals surface area contributed by atoms with Gasteiger partial charge in [0, 0.05) is 19.5 Å². The summed E-state index contributed by atoms with van der Waals surface area (Å²) in [5.74, 6) is 0. The van der Waals surface area contributed by atoms with Crippen LogP contribution in [0.4, 0.5) is 4.39 Å². The highest BCUT2D eigenvalue weighted by Gasteiger charge is 2.31. The Kier molecular flexibility index (Phi) is 5.24. The fourth-order valence-corrected chi connectivity index (χ4v) is 3.80. The molecule has 1 aliphatic heterocycles. The summed E-state index contributed by atoms with van der Waals surface area (Å²) in [6.45, 7) is 4.81. The molecule has 1 N–H and O–H groups in total. The highest BCUT2D eigenvalue weighted by molar-refractivity contribution is 9.10. The minimum atomic E-state index is -1.20. The lowest BCUT2D eigenvalue weighted by molar-refractivity contribution is 0.143. The molecule has 0 amide bonds. The summed E-state index contributed by atoms with van der Waals surface area (Å²) in [5.41, 5.74) is 0.771. The Morgan fingerprint density at radius 1 is 1.50 bits per heavy atom. The van der Waals surface area contributed by atoms with E-state index in [2.05, 4.69) is 33.3 Å². The van der Waals surface area contributed by atoms with Gasteiger partial charge < -0.3 is 5.32 Å². The number of aryl methyl sites for hydroxylation is 2. The molecule has 1 fully saturated rings. The Morgan fingerprint density at radius 2 is 2.25 bits per heavy atom. The lowest BCUT2D eigenvalue weighted by Gasteiger charge is -2.30. The zero-order valence-corrected chi connectivity index (χ0v) is 14.3. The Morgan fingerprint density at radius 3 is 2.80 bits per heavy atom. The molecule has 2 rings (SSSR count). The average Bonchev–Trinajstić information content (AvgIpc) is 2.66. The summed E-state index contributed by atoms with van der Waals surface area (Å²) in [6, 6.07) is 0.316. The molecular formula is C15H25BrFN3. The van der Waals surface area contributed by atoms with Gasteiger partial charge in [-0.05, 0) is 55.1 Å². The van der Waals surface area contributed by atoms with E-state index in [1.807, 2.05) is 11.7 Å². The summed E-state index contributed by atoms with van der Waals surface area (Å²) >= 11 is 3.57. The van der Waals surface area contributed by atoms with Crippen LogP contribution < -0.4 is 5.32 Å². The molecule has 0 saturated carbocycles. The van der Waals surface area contributed by atoms with Gasteiger partial charge in [0.05, 0.1) is 15.9 Å². The largest absolute Gasteiger partial charge is 0.314 e. The third kappa shape index (κ3) is 3.82. The maximum Gasteiger partial charge on any atom is 0.115 e. The van der Waals surface area contributed by atoms with Gasteiger partial charge in [0.25, 0.3) is 0 Å². The molecule has 0 aliphatic carbocycles. The van der Waals surface area contributed by atoms with Crippen molar-refractivity contribution in [2.75, 3.05) is 6.54 Å². The van der Waals surface area contributed by atoms with Crippen molar-refractivity contribution in [1.29, 1.82) is 0 Å². The van der Waals surface area contributed by atoms with Crippen LogP contribution >= 0.6 is 15.9 Å². The third-order valence-corrected chi connectivity index (χ3v) is 5.04. The van der Waals surface area contributed by atoms with Crippen LogP contribution in [-0.2, 0) is 19.9 Å². The molecule has 0 aromatic carbocycles. The van der Waals surface area contributed by atoms with Crippen molar-refractivity contribution >= 4 is 15.9 Å². The minimum absolute atomic E-state index is 0.316. The van der Waals surface area contributed by atoms with Gasteiger partial charge in [-0.15, -0.1) is 0 Å². The van der Waals surface area contributed by atoms with E-state index in [9.17, 15) is 4.39 Å². The number of halogens is 2. The second-order valence-electron chi connectivity index (χ2n) is 6.13. The molecule has 5 heteroatoms. The van der Waals surface area contributed by atoms with Crippen LogP contribution in [0.5, 0.6) is 0 Å². The number of nitrogens with one attached hydrogen (secondary N) is 1. The Balaban J connectivity index is 2.05. The quantitative estimate of drug-likeness (QED) is 0.884. The topological polar surface area (TPSA) is 29.9 Å². The summed E-state index contributed by atoms with van der Waals surface area (Å²) < 4.78 is 17.7. The molecule has 20 heavy (non-hydrogen) atoms. The second kappa shape index (κ2) is 6.56. The number of hydrogen-bond acceptors (Lipinski definition) is 2. The lowest BCUT2D eigenvalue weighted by Crippen LogP contribution is -2.40. The van der Waals surface area contributed by atoms with E-state index in [0.717, 1.165) is 35.2 Å². The molecular weight excluding hydrogens is 321 g/mol. The van der Waals surface area contributed by atoms with Crippen LogP contribution in [0.2, 0.25) is 0 Å². The van der Waals surface area contributed by atoms with E-state index in [0.29, 0.717) is 18.9 Å². The predicted octanol–water partition coefficient (Wildman–Crippen LogP) is 3.55. The maximum absolute atomic E-state index is 14.9. The molecule has 1 aliphatic rings. The Hall–Kier alpha value is -0.420. The van der Waals surface area contributed by atoms with Gasteiger partial charge in [-0.25, -0.2) is 4.39 Å². The molecule has 2 heterocycles. The van der Waals surface area contributed by atoms with Crippen LogP contribution in [0.3, 0.4) is 0 Å². The predicted molar refractivity (Wildman–Crippen MR) is 83.8 cm³/mol. The van der Waals surface area contributed by atoms with Gasteiger partial charge in [0.15, 0.2) is 0 Å². The van der Waals surface area contributed by atoms with Gasteiger partial charge in [0.2, 0.25) is 0 Å². The standard InChI is InChI=1S/C15H25BrFN3/c1-4-12-14(16)13(20(3)19-12)10-15(2,17)9-11-7-5-6-8-18-11/h11,18H,4-10H2,1-3H3. The molecule has 2 atom stereocenters. The second-order valence-corrected chi connectivity index (χ2v) is 6.92. The molecule has 2 unspecified atom stereocenters. The Bertz CT molecular complexity index is 450. The van der Waals surface area contributed by atoms with E-state index < -0.39 is 5.67 Å². The Labute approximate surface area is 129 Å². The zero-order chi connectivity index (χ0) is 14.8. The molecule has 3 nitrogen and oxygen atoms in total. The fourth-order valence-electron chi connectivity index (χ4n) is 3.05. The van der Waals surface area contributed by atoms with E-state index in [-0.39, 0.29) is 0 Å². The van der Waals surface area contributed by atoms with E-state index >= 15 is 0 Å². The molecule has 0 radical (unpaired) electrons. The minimum Gasteiger partial charge on any atom is -0.314 e. The van der Waals surface area contributed by atoms with E-state index in [1.54, 1.807) is 6.92 Å². The number of nitrogens with zero attached hydrogens (tertiary/aromatic N) is 2. The summed E-state index contributed by atoms with van der Waals surface area (Å²) in [6.07, 6.45) is 5.37. The fraction of sp³-hybridized carbons (Fsp3) is 0.800.